The van der Waals surface area contributed by atoms with Gasteiger partial charge in [-0.2, -0.15) is 0 Å². The average molecular weight is 281 g/mol. The SMILES string of the molecule is CNC(C)(CCCCN1CCCC2CCCC21)C(N)=O. The summed E-state index contributed by atoms with van der Waals surface area (Å²) in [4.78, 5) is 14.2. The molecule has 1 saturated carbocycles. The predicted molar refractivity (Wildman–Crippen MR) is 82.4 cm³/mol. The number of carbonyl (C=O) groups excluding carboxylic acids is 1. The first-order chi connectivity index (χ1) is 9.57. The number of nitrogens with one attached hydrogen (secondary N) is 1. The minimum Gasteiger partial charge on any atom is -0.368 e. The first-order valence-corrected chi connectivity index (χ1v) is 8.30. The van der Waals surface area contributed by atoms with Crippen molar-refractivity contribution in [2.24, 2.45) is 11.7 Å². The van der Waals surface area contributed by atoms with Crippen LogP contribution in [0.25, 0.3) is 0 Å². The molecule has 0 bridgehead atoms. The lowest BCUT2D eigenvalue weighted by Crippen LogP contribution is -2.51. The monoisotopic (exact) mass is 281 g/mol. The third-order valence-electron chi connectivity index (χ3n) is 5.58. The fourth-order valence-corrected chi connectivity index (χ4v) is 4.00. The number of rotatable bonds is 7. The van der Waals surface area contributed by atoms with Crippen LogP contribution in [-0.4, -0.2) is 42.5 Å². The van der Waals surface area contributed by atoms with E-state index in [1.165, 1.54) is 51.6 Å². The Balaban J connectivity index is 1.71. The maximum Gasteiger partial charge on any atom is 0.237 e. The summed E-state index contributed by atoms with van der Waals surface area (Å²) in [6, 6.07) is 0.857. The molecule has 0 radical (unpaired) electrons. The molecule has 4 nitrogen and oxygen atoms in total. The van der Waals surface area contributed by atoms with Crippen molar-refractivity contribution in [2.75, 3.05) is 20.1 Å². The highest BCUT2D eigenvalue weighted by atomic mass is 16.1. The molecule has 1 amide bonds. The van der Waals surface area contributed by atoms with Gasteiger partial charge in [-0.1, -0.05) is 6.42 Å². The second-order valence-corrected chi connectivity index (χ2v) is 6.84. The van der Waals surface area contributed by atoms with E-state index >= 15 is 0 Å². The number of nitrogens with zero attached hydrogens (tertiary/aromatic N) is 1. The molecule has 116 valence electrons. The Morgan fingerprint density at radius 2 is 2.05 bits per heavy atom. The summed E-state index contributed by atoms with van der Waals surface area (Å²) >= 11 is 0. The van der Waals surface area contributed by atoms with Gasteiger partial charge in [-0.25, -0.2) is 0 Å². The largest absolute Gasteiger partial charge is 0.368 e. The lowest BCUT2D eigenvalue weighted by Gasteiger charge is -2.38. The average Bonchev–Trinajstić information content (AvgIpc) is 2.92. The highest BCUT2D eigenvalue weighted by Gasteiger charge is 2.34. The van der Waals surface area contributed by atoms with Crippen LogP contribution in [0.2, 0.25) is 0 Å². The summed E-state index contributed by atoms with van der Waals surface area (Å²) in [5, 5.41) is 3.07. The van der Waals surface area contributed by atoms with E-state index in [2.05, 4.69) is 10.2 Å². The molecule has 4 heteroatoms. The van der Waals surface area contributed by atoms with Crippen molar-refractivity contribution in [1.82, 2.24) is 10.2 Å². The molecule has 3 atom stereocenters. The van der Waals surface area contributed by atoms with E-state index in [1.54, 1.807) is 0 Å². The third kappa shape index (κ3) is 3.53. The van der Waals surface area contributed by atoms with Crippen molar-refractivity contribution in [2.45, 2.75) is 69.9 Å². The minimum absolute atomic E-state index is 0.242. The Morgan fingerprint density at radius 1 is 1.30 bits per heavy atom. The van der Waals surface area contributed by atoms with Crippen molar-refractivity contribution in [3.05, 3.63) is 0 Å². The predicted octanol–water partition coefficient (Wildman–Crippen LogP) is 1.88. The van der Waals surface area contributed by atoms with Crippen LogP contribution in [0.1, 0.15) is 58.3 Å². The Hall–Kier alpha value is -0.610. The van der Waals surface area contributed by atoms with Crippen LogP contribution in [0.15, 0.2) is 0 Å². The second-order valence-electron chi connectivity index (χ2n) is 6.84. The van der Waals surface area contributed by atoms with Gasteiger partial charge in [0.05, 0.1) is 5.54 Å². The molecule has 1 heterocycles. The molecule has 1 aliphatic heterocycles. The first-order valence-electron chi connectivity index (χ1n) is 8.30. The number of hydrogen-bond donors (Lipinski definition) is 2. The maximum atomic E-state index is 11.4. The molecular formula is C16H31N3O. The lowest BCUT2D eigenvalue weighted by atomic mass is 9.91. The van der Waals surface area contributed by atoms with Crippen LogP contribution in [0.5, 0.6) is 0 Å². The molecule has 2 aliphatic rings. The molecule has 20 heavy (non-hydrogen) atoms. The lowest BCUT2D eigenvalue weighted by molar-refractivity contribution is -0.123. The number of amides is 1. The highest BCUT2D eigenvalue weighted by Crippen LogP contribution is 2.36. The summed E-state index contributed by atoms with van der Waals surface area (Å²) in [6.07, 6.45) is 10.2. The van der Waals surface area contributed by atoms with Crippen molar-refractivity contribution in [3.8, 4) is 0 Å². The first kappa shape index (κ1) is 15.8. The molecule has 0 aromatic rings. The van der Waals surface area contributed by atoms with Gasteiger partial charge < -0.3 is 16.0 Å². The summed E-state index contributed by atoms with van der Waals surface area (Å²) < 4.78 is 0. The number of piperidine rings is 1. The van der Waals surface area contributed by atoms with Gasteiger partial charge in [0, 0.05) is 6.04 Å². The molecule has 0 aromatic heterocycles. The van der Waals surface area contributed by atoms with Gasteiger partial charge in [-0.05, 0) is 77.9 Å². The fraction of sp³-hybridized carbons (Fsp3) is 0.938. The normalized spacial score (nSPS) is 29.9. The number of nitrogens with two attached hydrogens (primary N) is 1. The molecule has 0 spiro atoms. The van der Waals surface area contributed by atoms with Crippen LogP contribution in [0, 0.1) is 5.92 Å². The van der Waals surface area contributed by atoms with Crippen LogP contribution >= 0.6 is 0 Å². The number of carbonyl (C=O) groups is 1. The number of primary amides is 1. The van der Waals surface area contributed by atoms with Gasteiger partial charge in [0.1, 0.15) is 0 Å². The van der Waals surface area contributed by atoms with Crippen molar-refractivity contribution in [3.63, 3.8) is 0 Å². The van der Waals surface area contributed by atoms with Gasteiger partial charge in [0.15, 0.2) is 0 Å². The standard InChI is InChI=1S/C16H31N3O/c1-16(18-2,15(17)20)10-3-4-11-19-12-6-8-13-7-5-9-14(13)19/h13-14,18H,3-12H2,1-2H3,(H2,17,20). The molecule has 0 aromatic carbocycles. The molecule has 1 saturated heterocycles. The Labute approximate surface area is 123 Å². The Bertz CT molecular complexity index is 334. The third-order valence-corrected chi connectivity index (χ3v) is 5.58. The zero-order chi connectivity index (χ0) is 14.6. The zero-order valence-corrected chi connectivity index (χ0v) is 13.2. The van der Waals surface area contributed by atoms with E-state index in [1.807, 2.05) is 14.0 Å². The summed E-state index contributed by atoms with van der Waals surface area (Å²) in [7, 11) is 1.82. The molecule has 3 N–H and O–H groups in total. The maximum absolute atomic E-state index is 11.4. The fourth-order valence-electron chi connectivity index (χ4n) is 4.00. The van der Waals surface area contributed by atoms with E-state index < -0.39 is 5.54 Å². The van der Waals surface area contributed by atoms with Crippen LogP contribution < -0.4 is 11.1 Å². The van der Waals surface area contributed by atoms with Crippen molar-refractivity contribution >= 4 is 5.91 Å². The topological polar surface area (TPSA) is 58.4 Å². The number of fused-ring (bicyclic) bond motifs is 1. The van der Waals surface area contributed by atoms with Crippen molar-refractivity contribution in [1.29, 1.82) is 0 Å². The summed E-state index contributed by atoms with van der Waals surface area (Å²) in [5.41, 5.74) is 4.92. The summed E-state index contributed by atoms with van der Waals surface area (Å²) in [5.74, 6) is 0.728. The van der Waals surface area contributed by atoms with Gasteiger partial charge in [0.25, 0.3) is 0 Å². The number of likely N-dealkylation sites (tertiary alicyclic amines) is 1. The number of unbranched alkanes of at least 4 members (excludes halogenated alkanes) is 1. The van der Waals surface area contributed by atoms with E-state index in [4.69, 9.17) is 5.73 Å². The number of hydrogen-bond acceptors (Lipinski definition) is 3. The van der Waals surface area contributed by atoms with Crippen molar-refractivity contribution < 1.29 is 4.79 Å². The van der Waals surface area contributed by atoms with Gasteiger partial charge >= 0.3 is 0 Å². The van der Waals surface area contributed by atoms with E-state index in [0.29, 0.717) is 0 Å². The Kier molecular flexibility index (Phi) is 5.44. The zero-order valence-electron chi connectivity index (χ0n) is 13.2. The van der Waals surface area contributed by atoms with E-state index in [0.717, 1.165) is 24.8 Å². The highest BCUT2D eigenvalue weighted by molar-refractivity contribution is 5.84. The molecule has 1 aliphatic carbocycles. The second kappa shape index (κ2) is 6.90. The number of likely N-dealkylation sites (N-methyl/N-ethyl adjacent to an activating group) is 1. The van der Waals surface area contributed by atoms with E-state index in [-0.39, 0.29) is 5.91 Å². The van der Waals surface area contributed by atoms with Gasteiger partial charge in [-0.15, -0.1) is 0 Å². The van der Waals surface area contributed by atoms with E-state index in [9.17, 15) is 4.79 Å². The van der Waals surface area contributed by atoms with Crippen LogP contribution in [-0.2, 0) is 4.79 Å². The Morgan fingerprint density at radius 3 is 2.75 bits per heavy atom. The molecule has 2 fully saturated rings. The van der Waals surface area contributed by atoms with Crippen LogP contribution in [0.4, 0.5) is 0 Å². The molecular weight excluding hydrogens is 250 g/mol. The molecule has 3 unspecified atom stereocenters. The van der Waals surface area contributed by atoms with Crippen LogP contribution in [0.3, 0.4) is 0 Å². The smallest absolute Gasteiger partial charge is 0.237 e. The van der Waals surface area contributed by atoms with Gasteiger partial charge in [-0.3, -0.25) is 4.79 Å². The quantitative estimate of drug-likeness (QED) is 0.701. The minimum atomic E-state index is -0.544. The molecule has 2 rings (SSSR count). The summed E-state index contributed by atoms with van der Waals surface area (Å²) in [6.45, 7) is 4.38. The van der Waals surface area contributed by atoms with Gasteiger partial charge in [0.2, 0.25) is 5.91 Å².